The lowest BCUT2D eigenvalue weighted by Crippen LogP contribution is -2.39. The topological polar surface area (TPSA) is 53.6 Å². The standard InChI is InChI=1S/C22H29N3O2/c26-22(12-14-25-15-17-27-18-16-25)23-13-11-21(19-7-3-1-4-8-19)24-20-9-5-2-6-10-20/h1-10,21,24H,11-18H2,(H,23,26). The number of para-hydroxylation sites is 1. The Labute approximate surface area is 161 Å². The summed E-state index contributed by atoms with van der Waals surface area (Å²) >= 11 is 0. The van der Waals surface area contributed by atoms with Gasteiger partial charge in [0.05, 0.1) is 19.3 Å². The first-order chi connectivity index (χ1) is 13.3. The van der Waals surface area contributed by atoms with Crippen molar-refractivity contribution in [2.75, 3.05) is 44.7 Å². The van der Waals surface area contributed by atoms with Crippen molar-refractivity contribution in [3.05, 3.63) is 66.2 Å². The number of morpholine rings is 1. The van der Waals surface area contributed by atoms with E-state index in [1.54, 1.807) is 0 Å². The van der Waals surface area contributed by atoms with Crippen LogP contribution in [0.25, 0.3) is 0 Å². The minimum absolute atomic E-state index is 0.119. The highest BCUT2D eigenvalue weighted by molar-refractivity contribution is 5.76. The molecule has 0 saturated carbocycles. The van der Waals surface area contributed by atoms with Crippen molar-refractivity contribution in [2.24, 2.45) is 0 Å². The predicted molar refractivity (Wildman–Crippen MR) is 109 cm³/mol. The number of benzene rings is 2. The SMILES string of the molecule is O=C(CCN1CCOCC1)NCCC(Nc1ccccc1)c1ccccc1. The molecule has 2 aromatic carbocycles. The summed E-state index contributed by atoms with van der Waals surface area (Å²) in [4.78, 5) is 14.5. The Morgan fingerprint density at radius 2 is 1.67 bits per heavy atom. The number of carbonyl (C=O) groups excluding carboxylic acids is 1. The van der Waals surface area contributed by atoms with E-state index >= 15 is 0 Å². The molecule has 0 aromatic heterocycles. The molecule has 1 amide bonds. The molecular weight excluding hydrogens is 338 g/mol. The Balaban J connectivity index is 1.46. The van der Waals surface area contributed by atoms with Crippen molar-refractivity contribution in [1.82, 2.24) is 10.2 Å². The zero-order chi connectivity index (χ0) is 18.7. The Kier molecular flexibility index (Phi) is 7.69. The number of anilines is 1. The first-order valence-corrected chi connectivity index (χ1v) is 9.74. The van der Waals surface area contributed by atoms with Gasteiger partial charge in [0, 0.05) is 38.3 Å². The van der Waals surface area contributed by atoms with E-state index in [0.29, 0.717) is 13.0 Å². The number of ether oxygens (including phenoxy) is 1. The van der Waals surface area contributed by atoms with Crippen molar-refractivity contribution in [1.29, 1.82) is 0 Å². The van der Waals surface area contributed by atoms with Gasteiger partial charge in [0.25, 0.3) is 0 Å². The summed E-state index contributed by atoms with van der Waals surface area (Å²) in [6.45, 7) is 4.84. The minimum atomic E-state index is 0.119. The van der Waals surface area contributed by atoms with Gasteiger partial charge in [0.1, 0.15) is 0 Å². The molecule has 3 rings (SSSR count). The van der Waals surface area contributed by atoms with Crippen LogP contribution in [0.5, 0.6) is 0 Å². The van der Waals surface area contributed by atoms with Crippen LogP contribution >= 0.6 is 0 Å². The molecule has 1 fully saturated rings. The van der Waals surface area contributed by atoms with Gasteiger partial charge in [-0.2, -0.15) is 0 Å². The molecule has 1 heterocycles. The van der Waals surface area contributed by atoms with Gasteiger partial charge in [-0.05, 0) is 24.1 Å². The van der Waals surface area contributed by atoms with Gasteiger partial charge in [0.2, 0.25) is 5.91 Å². The lowest BCUT2D eigenvalue weighted by atomic mass is 10.0. The molecule has 5 nitrogen and oxygen atoms in total. The van der Waals surface area contributed by atoms with Gasteiger partial charge in [0.15, 0.2) is 0 Å². The van der Waals surface area contributed by atoms with Crippen LogP contribution in [0, 0.1) is 0 Å². The molecule has 27 heavy (non-hydrogen) atoms. The Morgan fingerprint density at radius 1 is 1.00 bits per heavy atom. The van der Waals surface area contributed by atoms with Crippen molar-refractivity contribution >= 4 is 11.6 Å². The number of nitrogens with one attached hydrogen (secondary N) is 2. The first kappa shape index (κ1) is 19.4. The van der Waals surface area contributed by atoms with Crippen LogP contribution in [-0.4, -0.2) is 50.2 Å². The molecule has 1 saturated heterocycles. The van der Waals surface area contributed by atoms with E-state index in [-0.39, 0.29) is 11.9 Å². The molecular formula is C22H29N3O2. The third-order valence-corrected chi connectivity index (χ3v) is 4.83. The number of hydrogen-bond acceptors (Lipinski definition) is 4. The maximum Gasteiger partial charge on any atom is 0.221 e. The number of nitrogens with zero attached hydrogens (tertiary/aromatic N) is 1. The summed E-state index contributed by atoms with van der Waals surface area (Å²) in [6.07, 6.45) is 1.38. The average molecular weight is 367 g/mol. The van der Waals surface area contributed by atoms with Crippen LogP contribution in [-0.2, 0) is 9.53 Å². The number of amides is 1. The van der Waals surface area contributed by atoms with Crippen molar-refractivity contribution in [3.8, 4) is 0 Å². The molecule has 2 aromatic rings. The van der Waals surface area contributed by atoms with Crippen LogP contribution in [0.2, 0.25) is 0 Å². The fourth-order valence-electron chi connectivity index (χ4n) is 3.27. The van der Waals surface area contributed by atoms with Crippen molar-refractivity contribution < 1.29 is 9.53 Å². The molecule has 1 unspecified atom stereocenters. The summed E-state index contributed by atoms with van der Waals surface area (Å²) < 4.78 is 5.34. The maximum atomic E-state index is 12.2. The molecule has 0 aliphatic carbocycles. The highest BCUT2D eigenvalue weighted by atomic mass is 16.5. The number of carbonyl (C=O) groups is 1. The van der Waals surface area contributed by atoms with Gasteiger partial charge < -0.3 is 15.4 Å². The van der Waals surface area contributed by atoms with E-state index < -0.39 is 0 Å². The van der Waals surface area contributed by atoms with Crippen molar-refractivity contribution in [2.45, 2.75) is 18.9 Å². The van der Waals surface area contributed by atoms with Crippen molar-refractivity contribution in [3.63, 3.8) is 0 Å². The summed E-state index contributed by atoms with van der Waals surface area (Å²) in [5.41, 5.74) is 2.31. The second-order valence-electron chi connectivity index (χ2n) is 6.82. The third-order valence-electron chi connectivity index (χ3n) is 4.83. The molecule has 2 N–H and O–H groups in total. The first-order valence-electron chi connectivity index (χ1n) is 9.74. The van der Waals surface area contributed by atoms with E-state index in [4.69, 9.17) is 4.74 Å². The summed E-state index contributed by atoms with van der Waals surface area (Å²) in [7, 11) is 0. The Bertz CT molecular complexity index is 672. The van der Waals surface area contributed by atoms with Gasteiger partial charge in [-0.3, -0.25) is 9.69 Å². The maximum absolute atomic E-state index is 12.2. The lowest BCUT2D eigenvalue weighted by molar-refractivity contribution is -0.121. The van der Waals surface area contributed by atoms with Crippen LogP contribution in [0.4, 0.5) is 5.69 Å². The molecule has 0 bridgehead atoms. The van der Waals surface area contributed by atoms with E-state index in [1.807, 2.05) is 24.3 Å². The van der Waals surface area contributed by atoms with E-state index in [2.05, 4.69) is 51.9 Å². The second-order valence-corrected chi connectivity index (χ2v) is 6.82. The smallest absolute Gasteiger partial charge is 0.221 e. The fourth-order valence-corrected chi connectivity index (χ4v) is 3.27. The van der Waals surface area contributed by atoms with Gasteiger partial charge >= 0.3 is 0 Å². The average Bonchev–Trinajstić information content (AvgIpc) is 2.74. The highest BCUT2D eigenvalue weighted by Gasteiger charge is 2.14. The van der Waals surface area contributed by atoms with E-state index in [1.165, 1.54) is 5.56 Å². The predicted octanol–water partition coefficient (Wildman–Crippen LogP) is 3.07. The second kappa shape index (κ2) is 10.7. The largest absolute Gasteiger partial charge is 0.379 e. The number of hydrogen-bond donors (Lipinski definition) is 2. The van der Waals surface area contributed by atoms with Gasteiger partial charge in [-0.1, -0.05) is 48.5 Å². The normalized spacial score (nSPS) is 15.9. The summed E-state index contributed by atoms with van der Waals surface area (Å²) in [6, 6.07) is 20.7. The van der Waals surface area contributed by atoms with Crippen LogP contribution in [0.1, 0.15) is 24.4 Å². The van der Waals surface area contributed by atoms with Crippen LogP contribution < -0.4 is 10.6 Å². The van der Waals surface area contributed by atoms with E-state index in [9.17, 15) is 4.79 Å². The molecule has 0 spiro atoms. The highest BCUT2D eigenvalue weighted by Crippen LogP contribution is 2.22. The monoisotopic (exact) mass is 367 g/mol. The number of rotatable bonds is 9. The van der Waals surface area contributed by atoms with Gasteiger partial charge in [-0.15, -0.1) is 0 Å². The Morgan fingerprint density at radius 3 is 2.37 bits per heavy atom. The molecule has 5 heteroatoms. The zero-order valence-corrected chi connectivity index (χ0v) is 15.8. The molecule has 1 atom stereocenters. The lowest BCUT2D eigenvalue weighted by Gasteiger charge is -2.26. The molecule has 0 radical (unpaired) electrons. The molecule has 1 aliphatic rings. The molecule has 1 aliphatic heterocycles. The summed E-state index contributed by atoms with van der Waals surface area (Å²) in [5, 5.41) is 6.65. The van der Waals surface area contributed by atoms with Gasteiger partial charge in [-0.25, -0.2) is 0 Å². The minimum Gasteiger partial charge on any atom is -0.379 e. The zero-order valence-electron chi connectivity index (χ0n) is 15.8. The van der Waals surface area contributed by atoms with Crippen LogP contribution in [0.15, 0.2) is 60.7 Å². The van der Waals surface area contributed by atoms with Crippen LogP contribution in [0.3, 0.4) is 0 Å². The Hall–Kier alpha value is -2.37. The van der Waals surface area contributed by atoms with E-state index in [0.717, 1.165) is 45.0 Å². The third kappa shape index (κ3) is 6.70. The molecule has 144 valence electrons. The summed E-state index contributed by atoms with van der Waals surface area (Å²) in [5.74, 6) is 0.119. The fraction of sp³-hybridized carbons (Fsp3) is 0.409. The quantitative estimate of drug-likeness (QED) is 0.715.